The Hall–Kier alpha value is -2.78. The summed E-state index contributed by atoms with van der Waals surface area (Å²) in [7, 11) is 1.63. The van der Waals surface area contributed by atoms with Gasteiger partial charge in [-0.15, -0.1) is 0 Å². The number of ether oxygens (including phenoxy) is 2. The molecule has 6 nitrogen and oxygen atoms in total. The first-order valence-corrected chi connectivity index (χ1v) is 7.87. The standard InChI is InChI=1S/C18H19N3O3/c1-22-14-5-2-4-13(10-14)7-8-17-21-16(11-19)18(24-17)20-12-15-6-3-9-23-15/h2,4-5,7-8,10,15,20H,3,6,9,12H2,1H3/b8-7+/t15-/m1/s1. The lowest BCUT2D eigenvalue weighted by Gasteiger charge is -2.09. The predicted octanol–water partition coefficient (Wildman–Crippen LogP) is 3.32. The topological polar surface area (TPSA) is 80.3 Å². The third-order valence-corrected chi connectivity index (χ3v) is 3.78. The van der Waals surface area contributed by atoms with E-state index in [1.54, 1.807) is 13.2 Å². The largest absolute Gasteiger partial charge is 0.497 e. The second-order valence-electron chi connectivity index (χ2n) is 5.47. The Labute approximate surface area is 140 Å². The van der Waals surface area contributed by atoms with E-state index in [9.17, 15) is 5.26 Å². The molecule has 0 amide bonds. The van der Waals surface area contributed by atoms with Gasteiger partial charge in [0.25, 0.3) is 0 Å². The van der Waals surface area contributed by atoms with Crippen LogP contribution in [0.4, 0.5) is 5.88 Å². The summed E-state index contributed by atoms with van der Waals surface area (Å²) < 4.78 is 16.4. The molecule has 3 rings (SSSR count). The van der Waals surface area contributed by atoms with E-state index in [1.807, 2.05) is 36.4 Å². The highest BCUT2D eigenvalue weighted by Gasteiger charge is 2.17. The van der Waals surface area contributed by atoms with Crippen molar-refractivity contribution in [2.75, 3.05) is 25.6 Å². The fourth-order valence-corrected chi connectivity index (χ4v) is 2.53. The number of hydrogen-bond donors (Lipinski definition) is 1. The average Bonchev–Trinajstić information content (AvgIpc) is 3.27. The van der Waals surface area contributed by atoms with Crippen LogP contribution in [0.2, 0.25) is 0 Å². The van der Waals surface area contributed by atoms with Crippen LogP contribution >= 0.6 is 0 Å². The maximum Gasteiger partial charge on any atom is 0.232 e. The van der Waals surface area contributed by atoms with E-state index in [2.05, 4.69) is 10.3 Å². The summed E-state index contributed by atoms with van der Waals surface area (Å²) in [6, 6.07) is 9.68. The van der Waals surface area contributed by atoms with E-state index in [1.165, 1.54) is 0 Å². The molecule has 6 heteroatoms. The summed E-state index contributed by atoms with van der Waals surface area (Å²) in [6.07, 6.45) is 5.85. The Morgan fingerprint density at radius 1 is 1.46 bits per heavy atom. The molecule has 1 aliphatic rings. The highest BCUT2D eigenvalue weighted by Crippen LogP contribution is 2.21. The summed E-state index contributed by atoms with van der Waals surface area (Å²) in [4.78, 5) is 4.18. The van der Waals surface area contributed by atoms with Crippen molar-refractivity contribution in [2.45, 2.75) is 18.9 Å². The molecule has 2 aromatic rings. The Balaban J connectivity index is 1.69. The molecule has 0 bridgehead atoms. The zero-order valence-corrected chi connectivity index (χ0v) is 13.5. The van der Waals surface area contributed by atoms with E-state index >= 15 is 0 Å². The Bertz CT molecular complexity index is 755. The Morgan fingerprint density at radius 3 is 3.12 bits per heavy atom. The summed E-state index contributed by atoms with van der Waals surface area (Å²) in [6.45, 7) is 1.41. The third-order valence-electron chi connectivity index (χ3n) is 3.78. The van der Waals surface area contributed by atoms with Gasteiger partial charge in [-0.1, -0.05) is 12.1 Å². The molecule has 1 N–H and O–H groups in total. The number of methoxy groups -OCH3 is 1. The van der Waals surface area contributed by atoms with Crippen molar-refractivity contribution < 1.29 is 13.9 Å². The van der Waals surface area contributed by atoms with Gasteiger partial charge in [0.1, 0.15) is 11.8 Å². The quantitative estimate of drug-likeness (QED) is 0.877. The first-order valence-electron chi connectivity index (χ1n) is 7.87. The normalized spacial score (nSPS) is 17.1. The van der Waals surface area contributed by atoms with Crippen LogP contribution in [0.25, 0.3) is 12.2 Å². The number of nitriles is 1. The van der Waals surface area contributed by atoms with Gasteiger partial charge in [0, 0.05) is 19.2 Å². The van der Waals surface area contributed by atoms with Crippen molar-refractivity contribution in [1.29, 1.82) is 5.26 Å². The monoisotopic (exact) mass is 325 g/mol. The lowest BCUT2D eigenvalue weighted by atomic mass is 10.2. The van der Waals surface area contributed by atoms with Crippen molar-refractivity contribution in [3.05, 3.63) is 41.4 Å². The van der Waals surface area contributed by atoms with Crippen molar-refractivity contribution in [1.82, 2.24) is 4.98 Å². The molecule has 0 radical (unpaired) electrons. The summed E-state index contributed by atoms with van der Waals surface area (Å²) in [5.74, 6) is 1.55. The van der Waals surface area contributed by atoms with Gasteiger partial charge in [-0.05, 0) is 36.6 Å². The molecule has 1 atom stereocenters. The van der Waals surface area contributed by atoms with Gasteiger partial charge in [0.15, 0.2) is 0 Å². The highest BCUT2D eigenvalue weighted by molar-refractivity contribution is 5.67. The molecule has 0 unspecified atom stereocenters. The van der Waals surface area contributed by atoms with Crippen molar-refractivity contribution in [3.63, 3.8) is 0 Å². The molecule has 1 fully saturated rings. The molecule has 1 saturated heterocycles. The number of aromatic nitrogens is 1. The van der Waals surface area contributed by atoms with E-state index in [4.69, 9.17) is 13.9 Å². The highest BCUT2D eigenvalue weighted by atomic mass is 16.5. The van der Waals surface area contributed by atoms with Crippen LogP contribution in [0, 0.1) is 11.3 Å². The first-order chi connectivity index (χ1) is 11.8. The summed E-state index contributed by atoms with van der Waals surface area (Å²) >= 11 is 0. The van der Waals surface area contributed by atoms with Gasteiger partial charge in [-0.3, -0.25) is 0 Å². The lowest BCUT2D eigenvalue weighted by Crippen LogP contribution is -2.18. The number of oxazole rings is 1. The lowest BCUT2D eigenvalue weighted by molar-refractivity contribution is 0.120. The SMILES string of the molecule is COc1cccc(/C=C/c2nc(C#N)c(NC[C@H]3CCCO3)o2)c1. The van der Waals surface area contributed by atoms with E-state index in [0.29, 0.717) is 18.3 Å². The molecule has 0 spiro atoms. The fraction of sp³-hybridized carbons (Fsp3) is 0.333. The number of nitrogens with zero attached hydrogens (tertiary/aromatic N) is 2. The maximum absolute atomic E-state index is 9.19. The smallest absolute Gasteiger partial charge is 0.232 e. The number of hydrogen-bond acceptors (Lipinski definition) is 6. The van der Waals surface area contributed by atoms with Gasteiger partial charge < -0.3 is 19.2 Å². The van der Waals surface area contributed by atoms with Crippen molar-refractivity contribution >= 4 is 18.0 Å². The molecular formula is C18H19N3O3. The van der Waals surface area contributed by atoms with E-state index in [0.717, 1.165) is 30.8 Å². The molecule has 124 valence electrons. The molecule has 1 aliphatic heterocycles. The van der Waals surface area contributed by atoms with Gasteiger partial charge in [-0.2, -0.15) is 10.2 Å². The number of benzene rings is 1. The molecule has 0 aliphatic carbocycles. The van der Waals surface area contributed by atoms with Crippen LogP contribution < -0.4 is 10.1 Å². The predicted molar refractivity (Wildman–Crippen MR) is 90.6 cm³/mol. The van der Waals surface area contributed by atoms with Crippen LogP contribution in [0.3, 0.4) is 0 Å². The molecule has 0 saturated carbocycles. The zero-order chi connectivity index (χ0) is 16.8. The van der Waals surface area contributed by atoms with Gasteiger partial charge in [-0.25, -0.2) is 0 Å². The molecular weight excluding hydrogens is 306 g/mol. The number of anilines is 1. The molecule has 2 heterocycles. The minimum Gasteiger partial charge on any atom is -0.497 e. The van der Waals surface area contributed by atoms with Crippen molar-refractivity contribution in [2.24, 2.45) is 0 Å². The fourth-order valence-electron chi connectivity index (χ4n) is 2.53. The van der Waals surface area contributed by atoms with Gasteiger partial charge >= 0.3 is 0 Å². The second kappa shape index (κ2) is 7.66. The molecule has 1 aromatic heterocycles. The number of nitrogens with one attached hydrogen (secondary N) is 1. The maximum atomic E-state index is 9.19. The van der Waals surface area contributed by atoms with Crippen LogP contribution in [0.1, 0.15) is 30.0 Å². The first kappa shape index (κ1) is 16.1. The minimum absolute atomic E-state index is 0.164. The van der Waals surface area contributed by atoms with E-state index in [-0.39, 0.29) is 11.8 Å². The number of rotatable bonds is 6. The Kier molecular flexibility index (Phi) is 5.14. The van der Waals surface area contributed by atoms with Gasteiger partial charge in [0.2, 0.25) is 17.5 Å². The van der Waals surface area contributed by atoms with Crippen LogP contribution in [-0.4, -0.2) is 31.3 Å². The average molecular weight is 325 g/mol. The van der Waals surface area contributed by atoms with Crippen molar-refractivity contribution in [3.8, 4) is 11.8 Å². The summed E-state index contributed by atoms with van der Waals surface area (Å²) in [5.41, 5.74) is 1.21. The van der Waals surface area contributed by atoms with E-state index < -0.39 is 0 Å². The molecule has 24 heavy (non-hydrogen) atoms. The third kappa shape index (κ3) is 3.94. The Morgan fingerprint density at radius 2 is 2.38 bits per heavy atom. The summed E-state index contributed by atoms with van der Waals surface area (Å²) in [5, 5.41) is 12.3. The van der Waals surface area contributed by atoms with Crippen LogP contribution in [-0.2, 0) is 4.74 Å². The second-order valence-corrected chi connectivity index (χ2v) is 5.47. The van der Waals surface area contributed by atoms with Gasteiger partial charge in [0.05, 0.1) is 13.2 Å². The minimum atomic E-state index is 0.164. The zero-order valence-electron chi connectivity index (χ0n) is 13.5. The molecule has 1 aromatic carbocycles. The van der Waals surface area contributed by atoms with Crippen LogP contribution in [0.5, 0.6) is 5.75 Å². The van der Waals surface area contributed by atoms with Crippen LogP contribution in [0.15, 0.2) is 28.7 Å².